The topological polar surface area (TPSA) is 37.8 Å². The summed E-state index contributed by atoms with van der Waals surface area (Å²) in [4.78, 5) is 7.87. The van der Waals surface area contributed by atoms with Crippen LogP contribution in [0.25, 0.3) is 0 Å². The molecule has 1 heterocycles. The summed E-state index contributed by atoms with van der Waals surface area (Å²) >= 11 is 3.18. The molecule has 1 aromatic carbocycles. The molecule has 0 aliphatic carbocycles. The summed E-state index contributed by atoms with van der Waals surface area (Å²) in [6.07, 6.45) is -1.32. The molecule has 0 spiro atoms. The maximum atomic E-state index is 12.8. The predicted octanol–water partition coefficient (Wildman–Crippen LogP) is 3.87. The van der Waals surface area contributed by atoms with Crippen LogP contribution in [0, 0.1) is 0 Å². The van der Waals surface area contributed by atoms with Crippen molar-refractivity contribution < 1.29 is 13.2 Å². The molecule has 0 saturated heterocycles. The van der Waals surface area contributed by atoms with E-state index in [9.17, 15) is 13.2 Å². The maximum Gasteiger partial charge on any atom is 0.416 e. The van der Waals surface area contributed by atoms with Crippen molar-refractivity contribution in [2.75, 3.05) is 5.32 Å². The van der Waals surface area contributed by atoms with Gasteiger partial charge in [0.25, 0.3) is 0 Å². The van der Waals surface area contributed by atoms with Gasteiger partial charge in [-0.2, -0.15) is 13.2 Å². The Morgan fingerprint density at radius 1 is 1.11 bits per heavy atom. The average molecular weight is 332 g/mol. The van der Waals surface area contributed by atoms with Crippen molar-refractivity contribution in [3.05, 3.63) is 52.3 Å². The Kier molecular flexibility index (Phi) is 4.04. The first kappa shape index (κ1) is 13.8. The molecule has 0 unspecified atom stereocenters. The van der Waals surface area contributed by atoms with E-state index in [1.807, 2.05) is 0 Å². The Labute approximate surface area is 116 Å². The summed E-state index contributed by atoms with van der Waals surface area (Å²) in [5, 5.41) is 2.76. The third kappa shape index (κ3) is 3.66. The van der Waals surface area contributed by atoms with Crippen LogP contribution >= 0.6 is 15.9 Å². The minimum atomic E-state index is -4.36. The molecule has 1 aromatic heterocycles. The number of alkyl halides is 3. The molecule has 3 nitrogen and oxygen atoms in total. The Hall–Kier alpha value is -1.63. The number of benzene rings is 1. The molecule has 0 amide bonds. The van der Waals surface area contributed by atoms with Crippen LogP contribution in [0.3, 0.4) is 0 Å². The van der Waals surface area contributed by atoms with Crippen molar-refractivity contribution in [3.63, 3.8) is 0 Å². The molecule has 0 radical (unpaired) electrons. The number of nitrogens with zero attached hydrogens (tertiary/aromatic N) is 2. The summed E-state index contributed by atoms with van der Waals surface area (Å²) in [5.41, 5.74) is -0.499. The lowest BCUT2D eigenvalue weighted by atomic mass is 10.1. The lowest BCUT2D eigenvalue weighted by Crippen LogP contribution is -2.12. The summed E-state index contributed by atoms with van der Waals surface area (Å²) in [6, 6.07) is 5.41. The average Bonchev–Trinajstić information content (AvgIpc) is 2.37. The van der Waals surface area contributed by atoms with Gasteiger partial charge in [0.05, 0.1) is 10.0 Å². The van der Waals surface area contributed by atoms with Crippen LogP contribution in [0.15, 0.2) is 41.1 Å². The van der Waals surface area contributed by atoms with Crippen molar-refractivity contribution >= 4 is 21.9 Å². The Bertz CT molecular complexity index is 555. The zero-order chi connectivity index (χ0) is 13.9. The molecule has 1 N–H and O–H groups in total. The predicted molar refractivity (Wildman–Crippen MR) is 68.5 cm³/mol. The summed E-state index contributed by atoms with van der Waals surface area (Å²) in [5.74, 6) is 0.278. The van der Waals surface area contributed by atoms with Crippen molar-refractivity contribution in [1.82, 2.24) is 9.97 Å². The van der Waals surface area contributed by atoms with Gasteiger partial charge in [0.2, 0.25) is 5.95 Å². The van der Waals surface area contributed by atoms with Gasteiger partial charge in [0.1, 0.15) is 0 Å². The Morgan fingerprint density at radius 2 is 1.74 bits per heavy atom. The second-order valence-corrected chi connectivity index (χ2v) is 4.65. The smallest absolute Gasteiger partial charge is 0.350 e. The van der Waals surface area contributed by atoms with E-state index in [0.717, 1.165) is 6.07 Å². The first-order valence-electron chi connectivity index (χ1n) is 5.33. The van der Waals surface area contributed by atoms with Crippen molar-refractivity contribution in [3.8, 4) is 0 Å². The molecule has 2 rings (SSSR count). The monoisotopic (exact) mass is 331 g/mol. The van der Waals surface area contributed by atoms with Crippen molar-refractivity contribution in [2.24, 2.45) is 0 Å². The molecule has 100 valence electrons. The third-order valence-electron chi connectivity index (χ3n) is 2.38. The van der Waals surface area contributed by atoms with E-state index in [1.165, 1.54) is 24.5 Å². The number of anilines is 1. The van der Waals surface area contributed by atoms with Gasteiger partial charge in [-0.15, -0.1) is 0 Å². The molecule has 0 atom stereocenters. The van der Waals surface area contributed by atoms with E-state index < -0.39 is 11.7 Å². The molecule has 0 saturated carbocycles. The van der Waals surface area contributed by atoms with Crippen LogP contribution in [0.1, 0.15) is 11.1 Å². The zero-order valence-electron chi connectivity index (χ0n) is 9.58. The quantitative estimate of drug-likeness (QED) is 0.927. The standard InChI is InChI=1S/C12H9BrF3N3/c13-9-6-18-11(19-7-9)17-5-8-3-1-2-4-10(8)12(14,15)16/h1-4,6-7H,5H2,(H,17,18,19). The van der Waals surface area contributed by atoms with E-state index in [1.54, 1.807) is 6.07 Å². The van der Waals surface area contributed by atoms with Crippen molar-refractivity contribution in [2.45, 2.75) is 12.7 Å². The van der Waals surface area contributed by atoms with Crippen LogP contribution in [0.5, 0.6) is 0 Å². The van der Waals surface area contributed by atoms with E-state index in [-0.39, 0.29) is 18.1 Å². The van der Waals surface area contributed by atoms with Gasteiger partial charge < -0.3 is 5.32 Å². The molecular weight excluding hydrogens is 323 g/mol. The summed E-state index contributed by atoms with van der Waals surface area (Å²) in [7, 11) is 0. The first-order chi connectivity index (χ1) is 8.97. The van der Waals surface area contributed by atoms with Crippen LogP contribution in [0.4, 0.5) is 19.1 Å². The number of rotatable bonds is 3. The highest BCUT2D eigenvalue weighted by atomic mass is 79.9. The molecule has 0 fully saturated rings. The maximum absolute atomic E-state index is 12.8. The van der Waals surface area contributed by atoms with Gasteiger partial charge in [-0.05, 0) is 27.6 Å². The van der Waals surface area contributed by atoms with E-state index in [4.69, 9.17) is 0 Å². The molecule has 0 aliphatic rings. The molecule has 0 bridgehead atoms. The third-order valence-corrected chi connectivity index (χ3v) is 2.79. The highest BCUT2D eigenvalue weighted by Crippen LogP contribution is 2.31. The molecule has 0 aliphatic heterocycles. The summed E-state index contributed by atoms with van der Waals surface area (Å²) < 4.78 is 39.0. The van der Waals surface area contributed by atoms with E-state index in [0.29, 0.717) is 4.47 Å². The molecule has 19 heavy (non-hydrogen) atoms. The minimum absolute atomic E-state index is 0.0112. The van der Waals surface area contributed by atoms with Gasteiger partial charge in [0.15, 0.2) is 0 Å². The number of aromatic nitrogens is 2. The zero-order valence-corrected chi connectivity index (χ0v) is 11.2. The number of hydrogen-bond donors (Lipinski definition) is 1. The molecule has 7 heteroatoms. The van der Waals surface area contributed by atoms with Crippen LogP contribution in [0.2, 0.25) is 0 Å². The first-order valence-corrected chi connectivity index (χ1v) is 6.12. The fraction of sp³-hybridized carbons (Fsp3) is 0.167. The SMILES string of the molecule is FC(F)(F)c1ccccc1CNc1ncc(Br)cn1. The molecular formula is C12H9BrF3N3. The highest BCUT2D eigenvalue weighted by molar-refractivity contribution is 9.10. The lowest BCUT2D eigenvalue weighted by molar-refractivity contribution is -0.138. The van der Waals surface area contributed by atoms with E-state index >= 15 is 0 Å². The molecule has 2 aromatic rings. The van der Waals surface area contributed by atoms with E-state index in [2.05, 4.69) is 31.2 Å². The summed E-state index contributed by atoms with van der Waals surface area (Å²) in [6.45, 7) is 0.0112. The lowest BCUT2D eigenvalue weighted by Gasteiger charge is -2.13. The van der Waals surface area contributed by atoms with Gasteiger partial charge in [0, 0.05) is 18.9 Å². The minimum Gasteiger partial charge on any atom is -0.350 e. The Balaban J connectivity index is 2.14. The number of nitrogens with one attached hydrogen (secondary N) is 1. The second-order valence-electron chi connectivity index (χ2n) is 3.73. The fourth-order valence-corrected chi connectivity index (χ4v) is 1.73. The Morgan fingerprint density at radius 3 is 2.37 bits per heavy atom. The normalized spacial score (nSPS) is 11.4. The van der Waals surface area contributed by atoms with Gasteiger partial charge in [-0.1, -0.05) is 18.2 Å². The van der Waals surface area contributed by atoms with Gasteiger partial charge in [-0.25, -0.2) is 9.97 Å². The van der Waals surface area contributed by atoms with Crippen molar-refractivity contribution in [1.29, 1.82) is 0 Å². The van der Waals surface area contributed by atoms with Crippen LogP contribution in [-0.4, -0.2) is 9.97 Å². The largest absolute Gasteiger partial charge is 0.416 e. The van der Waals surface area contributed by atoms with Gasteiger partial charge >= 0.3 is 6.18 Å². The second kappa shape index (κ2) is 5.56. The van der Waals surface area contributed by atoms with Crippen LogP contribution < -0.4 is 5.32 Å². The fourth-order valence-electron chi connectivity index (χ4n) is 1.53. The van der Waals surface area contributed by atoms with Crippen LogP contribution in [-0.2, 0) is 12.7 Å². The number of hydrogen-bond acceptors (Lipinski definition) is 3. The highest BCUT2D eigenvalue weighted by Gasteiger charge is 2.32. The van der Waals surface area contributed by atoms with Gasteiger partial charge in [-0.3, -0.25) is 0 Å². The number of halogens is 4.